The second-order valence-corrected chi connectivity index (χ2v) is 9.19. The smallest absolute Gasteiger partial charge is 0.125 e. The summed E-state index contributed by atoms with van der Waals surface area (Å²) in [7, 11) is 0. The van der Waals surface area contributed by atoms with E-state index in [4.69, 9.17) is 5.73 Å². The number of anilines is 3. The van der Waals surface area contributed by atoms with E-state index < -0.39 is 0 Å². The number of allylic oxidation sites excluding steroid dienone is 1. The monoisotopic (exact) mass is 418 g/mol. The molecular weight excluding hydrogens is 387 g/mol. The van der Waals surface area contributed by atoms with Crippen LogP contribution in [0.1, 0.15) is 31.7 Å². The number of benzene rings is 2. The Balaban J connectivity index is 1.35. The Hall–Kier alpha value is -2.79. The molecule has 1 aliphatic carbocycles. The molecule has 0 bridgehead atoms. The van der Waals surface area contributed by atoms with Crippen molar-refractivity contribution in [2.45, 2.75) is 31.6 Å². The summed E-state index contributed by atoms with van der Waals surface area (Å²) in [6.07, 6.45) is 3.61. The number of halogens is 1. The third kappa shape index (κ3) is 3.72. The Morgan fingerprint density at radius 3 is 2.68 bits per heavy atom. The van der Waals surface area contributed by atoms with Crippen molar-refractivity contribution in [2.24, 2.45) is 0 Å². The molecule has 5 rings (SSSR count). The van der Waals surface area contributed by atoms with Gasteiger partial charge in [0, 0.05) is 36.4 Å². The van der Waals surface area contributed by atoms with Gasteiger partial charge in [0.05, 0.1) is 17.9 Å². The maximum absolute atomic E-state index is 13.9. The maximum atomic E-state index is 13.9. The second kappa shape index (κ2) is 7.72. The average molecular weight is 419 g/mol. The van der Waals surface area contributed by atoms with E-state index in [0.29, 0.717) is 6.54 Å². The van der Waals surface area contributed by atoms with E-state index in [-0.39, 0.29) is 11.2 Å². The molecule has 1 saturated carbocycles. The van der Waals surface area contributed by atoms with Crippen molar-refractivity contribution in [3.8, 4) is 0 Å². The number of hydrogen-bond acceptors (Lipinski definition) is 4. The number of nitrogens with one attached hydrogen (secondary N) is 1. The molecule has 2 fully saturated rings. The molecule has 3 N–H and O–H groups in total. The van der Waals surface area contributed by atoms with Gasteiger partial charge in [-0.25, -0.2) is 4.39 Å². The lowest BCUT2D eigenvalue weighted by atomic mass is 9.73. The van der Waals surface area contributed by atoms with Crippen molar-refractivity contribution >= 4 is 17.1 Å². The van der Waals surface area contributed by atoms with Gasteiger partial charge in [0.1, 0.15) is 5.82 Å². The Kier molecular flexibility index (Phi) is 5.01. The van der Waals surface area contributed by atoms with Crippen LogP contribution in [0, 0.1) is 5.82 Å². The van der Waals surface area contributed by atoms with Gasteiger partial charge in [-0.05, 0) is 68.6 Å². The number of hydrogen-bond donors (Lipinski definition) is 2. The van der Waals surface area contributed by atoms with Crippen molar-refractivity contribution in [1.29, 1.82) is 0 Å². The fourth-order valence-electron chi connectivity index (χ4n) is 5.28. The van der Waals surface area contributed by atoms with E-state index >= 15 is 0 Å². The molecule has 2 aromatic carbocycles. The predicted molar refractivity (Wildman–Crippen MR) is 127 cm³/mol. The Morgan fingerprint density at radius 2 is 1.94 bits per heavy atom. The highest BCUT2D eigenvalue weighted by Gasteiger charge is 2.43. The van der Waals surface area contributed by atoms with Gasteiger partial charge in [-0.1, -0.05) is 29.9 Å². The zero-order valence-corrected chi connectivity index (χ0v) is 18.3. The van der Waals surface area contributed by atoms with Gasteiger partial charge in [-0.2, -0.15) is 0 Å². The number of likely N-dealkylation sites (tertiary alicyclic amines) is 1. The number of nitrogens with zero attached hydrogens (tertiary/aromatic N) is 2. The molecule has 2 aromatic rings. The Labute approximate surface area is 184 Å². The lowest BCUT2D eigenvalue weighted by Gasteiger charge is -2.36. The van der Waals surface area contributed by atoms with Crippen molar-refractivity contribution in [3.63, 3.8) is 0 Å². The fraction of sp³-hybridized carbons (Fsp3) is 0.385. The standard InChI is InChI=1S/C26H31FN4/c1-18-16-29-24-10-7-22(27)15-25(24)31(18)14-13-30-12-11-26(17-30,19(2)20-3-4-20)21-5-8-23(28)9-6-21/h5-10,15,29H,1,3-4,11-14,16-17,28H2,2H3. The van der Waals surface area contributed by atoms with Gasteiger partial charge < -0.3 is 20.9 Å². The summed E-state index contributed by atoms with van der Waals surface area (Å²) < 4.78 is 13.9. The van der Waals surface area contributed by atoms with Crippen molar-refractivity contribution < 1.29 is 4.39 Å². The summed E-state index contributed by atoms with van der Waals surface area (Å²) in [5.74, 6) is -0.213. The van der Waals surface area contributed by atoms with Crippen LogP contribution >= 0.6 is 0 Å². The summed E-state index contributed by atoms with van der Waals surface area (Å²) in [4.78, 5) is 4.72. The van der Waals surface area contributed by atoms with E-state index in [9.17, 15) is 4.39 Å². The molecule has 0 radical (unpaired) electrons. The Morgan fingerprint density at radius 1 is 1.16 bits per heavy atom. The van der Waals surface area contributed by atoms with Crippen LogP contribution in [0.4, 0.5) is 21.5 Å². The van der Waals surface area contributed by atoms with Crippen LogP contribution in [0.15, 0.2) is 65.9 Å². The molecule has 2 aliphatic heterocycles. The number of rotatable bonds is 5. The van der Waals surface area contributed by atoms with Crippen LogP contribution in [0.3, 0.4) is 0 Å². The molecule has 0 amide bonds. The largest absolute Gasteiger partial charge is 0.399 e. The second-order valence-electron chi connectivity index (χ2n) is 9.19. The molecule has 1 unspecified atom stereocenters. The molecule has 1 saturated heterocycles. The molecule has 5 heteroatoms. The van der Waals surface area contributed by atoms with Crippen LogP contribution in [-0.4, -0.2) is 37.6 Å². The van der Waals surface area contributed by atoms with Crippen LogP contribution in [0.25, 0.3) is 0 Å². The molecular formula is C26H31FN4. The van der Waals surface area contributed by atoms with Gasteiger partial charge >= 0.3 is 0 Å². The van der Waals surface area contributed by atoms with E-state index in [2.05, 4.69) is 40.8 Å². The molecule has 1 atom stereocenters. The molecule has 2 heterocycles. The topological polar surface area (TPSA) is 44.5 Å². The van der Waals surface area contributed by atoms with E-state index in [0.717, 1.165) is 55.4 Å². The fourth-order valence-corrected chi connectivity index (χ4v) is 5.28. The normalized spacial score (nSPS) is 23.0. The first-order valence-electron chi connectivity index (χ1n) is 11.2. The highest BCUT2D eigenvalue weighted by Crippen LogP contribution is 2.47. The minimum absolute atomic E-state index is 0.0734. The molecule has 0 aromatic heterocycles. The quantitative estimate of drug-likeness (QED) is 0.535. The molecule has 4 nitrogen and oxygen atoms in total. The third-order valence-corrected chi connectivity index (χ3v) is 7.31. The van der Waals surface area contributed by atoms with Gasteiger partial charge in [0.2, 0.25) is 0 Å². The number of nitrogens with two attached hydrogens (primary N) is 1. The summed E-state index contributed by atoms with van der Waals surface area (Å²) in [6, 6.07) is 13.4. The van der Waals surface area contributed by atoms with Crippen molar-refractivity contribution in [1.82, 2.24) is 4.90 Å². The molecule has 162 valence electrons. The van der Waals surface area contributed by atoms with Crippen LogP contribution < -0.4 is 16.0 Å². The minimum Gasteiger partial charge on any atom is -0.399 e. The Bertz CT molecular complexity index is 1040. The number of nitrogen functional groups attached to an aromatic ring is 1. The zero-order chi connectivity index (χ0) is 21.6. The predicted octanol–water partition coefficient (Wildman–Crippen LogP) is 4.91. The van der Waals surface area contributed by atoms with Crippen molar-refractivity contribution in [2.75, 3.05) is 48.7 Å². The van der Waals surface area contributed by atoms with E-state index in [1.54, 1.807) is 17.2 Å². The average Bonchev–Trinajstić information content (AvgIpc) is 3.53. The lowest BCUT2D eigenvalue weighted by molar-refractivity contribution is 0.327. The first-order chi connectivity index (χ1) is 15.0. The highest BCUT2D eigenvalue weighted by atomic mass is 19.1. The van der Waals surface area contributed by atoms with E-state index in [1.807, 2.05) is 18.2 Å². The van der Waals surface area contributed by atoms with Crippen LogP contribution in [-0.2, 0) is 5.41 Å². The highest BCUT2D eigenvalue weighted by molar-refractivity contribution is 5.75. The summed E-state index contributed by atoms with van der Waals surface area (Å²) in [6.45, 7) is 11.1. The lowest BCUT2D eigenvalue weighted by Crippen LogP contribution is -2.39. The molecule has 0 spiro atoms. The van der Waals surface area contributed by atoms with Gasteiger partial charge in [-0.15, -0.1) is 0 Å². The van der Waals surface area contributed by atoms with Gasteiger partial charge in [-0.3, -0.25) is 0 Å². The first kappa shape index (κ1) is 20.1. The van der Waals surface area contributed by atoms with Gasteiger partial charge in [0.25, 0.3) is 0 Å². The zero-order valence-electron chi connectivity index (χ0n) is 18.3. The first-order valence-corrected chi connectivity index (χ1v) is 11.2. The SMILES string of the molecule is C=C1CNc2ccc(F)cc2N1CCN1CCC(C(C)=C2CC2)(c2ccc(N)cc2)C1. The van der Waals surface area contributed by atoms with Crippen molar-refractivity contribution in [3.05, 3.63) is 77.3 Å². The van der Waals surface area contributed by atoms with Crippen LogP contribution in [0.2, 0.25) is 0 Å². The minimum atomic E-state index is -0.213. The van der Waals surface area contributed by atoms with Crippen LogP contribution in [0.5, 0.6) is 0 Å². The molecule has 3 aliphatic rings. The molecule has 31 heavy (non-hydrogen) atoms. The summed E-state index contributed by atoms with van der Waals surface area (Å²) in [5, 5.41) is 3.33. The maximum Gasteiger partial charge on any atom is 0.125 e. The third-order valence-electron chi connectivity index (χ3n) is 7.31. The van der Waals surface area contributed by atoms with E-state index in [1.165, 1.54) is 24.5 Å². The summed E-state index contributed by atoms with van der Waals surface area (Å²) in [5.41, 5.74) is 14.3. The number of fused-ring (bicyclic) bond motifs is 1. The summed E-state index contributed by atoms with van der Waals surface area (Å²) >= 11 is 0. The van der Waals surface area contributed by atoms with Gasteiger partial charge in [0.15, 0.2) is 0 Å².